The number of carbonyl (C=O) groups excluding carboxylic acids is 1. The van der Waals surface area contributed by atoms with Crippen molar-refractivity contribution in [2.24, 2.45) is 4.99 Å². The SMILES string of the molecule is CCNC(=NCc1oc2ccccc2c1C)NCCNC(=O)c1ccc(O)cc1. The summed E-state index contributed by atoms with van der Waals surface area (Å²) >= 11 is 0. The number of nitrogens with one attached hydrogen (secondary N) is 3. The molecular weight excluding hydrogens is 368 g/mol. The van der Waals surface area contributed by atoms with Gasteiger partial charge in [-0.05, 0) is 44.2 Å². The Morgan fingerprint density at radius 2 is 1.76 bits per heavy atom. The number of fused-ring (bicyclic) bond motifs is 1. The highest BCUT2D eigenvalue weighted by molar-refractivity contribution is 5.94. The van der Waals surface area contributed by atoms with E-state index in [1.165, 1.54) is 12.1 Å². The molecule has 1 amide bonds. The third-order valence-corrected chi connectivity index (χ3v) is 4.50. The molecule has 0 aliphatic carbocycles. The Labute approximate surface area is 169 Å². The Morgan fingerprint density at radius 3 is 2.48 bits per heavy atom. The summed E-state index contributed by atoms with van der Waals surface area (Å²) < 4.78 is 5.90. The summed E-state index contributed by atoms with van der Waals surface area (Å²) in [5.74, 6) is 1.44. The Morgan fingerprint density at radius 1 is 1.03 bits per heavy atom. The van der Waals surface area contributed by atoms with Crippen molar-refractivity contribution in [2.45, 2.75) is 20.4 Å². The molecule has 0 atom stereocenters. The molecule has 7 nitrogen and oxygen atoms in total. The number of phenols is 1. The van der Waals surface area contributed by atoms with Crippen LogP contribution in [0.25, 0.3) is 11.0 Å². The van der Waals surface area contributed by atoms with Crippen molar-refractivity contribution >= 4 is 22.8 Å². The van der Waals surface area contributed by atoms with Crippen molar-refractivity contribution in [3.63, 3.8) is 0 Å². The Hall–Kier alpha value is -3.48. The van der Waals surface area contributed by atoms with Crippen LogP contribution in [0.2, 0.25) is 0 Å². The summed E-state index contributed by atoms with van der Waals surface area (Å²) in [6, 6.07) is 14.1. The van der Waals surface area contributed by atoms with E-state index in [1.54, 1.807) is 12.1 Å². The molecular formula is C22H26N4O3. The van der Waals surface area contributed by atoms with Crippen LogP contribution in [0, 0.1) is 6.92 Å². The molecule has 0 fully saturated rings. The van der Waals surface area contributed by atoms with Crippen LogP contribution in [0.4, 0.5) is 0 Å². The van der Waals surface area contributed by atoms with Gasteiger partial charge in [0.1, 0.15) is 23.6 Å². The molecule has 7 heteroatoms. The third kappa shape index (κ3) is 5.28. The first-order chi connectivity index (χ1) is 14.1. The second-order valence-corrected chi connectivity index (χ2v) is 6.57. The van der Waals surface area contributed by atoms with E-state index in [0.29, 0.717) is 31.2 Å². The lowest BCUT2D eigenvalue weighted by atomic mass is 10.1. The van der Waals surface area contributed by atoms with Gasteiger partial charge in [0.2, 0.25) is 0 Å². The van der Waals surface area contributed by atoms with Crippen LogP contribution < -0.4 is 16.0 Å². The van der Waals surface area contributed by atoms with Gasteiger partial charge in [-0.15, -0.1) is 0 Å². The number of furan rings is 1. The molecule has 0 unspecified atom stereocenters. The standard InChI is InChI=1S/C22H26N4O3/c1-3-23-22(25-13-12-24-21(28)16-8-10-17(27)11-9-16)26-14-20-15(2)18-6-4-5-7-19(18)29-20/h4-11,27H,3,12-14H2,1-2H3,(H,24,28)(H2,23,25,26). The molecule has 0 saturated heterocycles. The van der Waals surface area contributed by atoms with Crippen molar-refractivity contribution < 1.29 is 14.3 Å². The zero-order valence-electron chi connectivity index (χ0n) is 16.7. The molecule has 0 bridgehead atoms. The highest BCUT2D eigenvalue weighted by Crippen LogP contribution is 2.25. The zero-order chi connectivity index (χ0) is 20.6. The maximum absolute atomic E-state index is 12.1. The van der Waals surface area contributed by atoms with Crippen molar-refractivity contribution in [1.29, 1.82) is 0 Å². The molecule has 1 aromatic heterocycles. The Bertz CT molecular complexity index is 993. The monoisotopic (exact) mass is 394 g/mol. The number of carbonyl (C=O) groups is 1. The van der Waals surface area contributed by atoms with Gasteiger partial charge < -0.3 is 25.5 Å². The van der Waals surface area contributed by atoms with E-state index >= 15 is 0 Å². The Kier molecular flexibility index (Phi) is 6.73. The predicted molar refractivity (Wildman–Crippen MR) is 114 cm³/mol. The second-order valence-electron chi connectivity index (χ2n) is 6.57. The van der Waals surface area contributed by atoms with Gasteiger partial charge in [-0.1, -0.05) is 18.2 Å². The number of hydrogen-bond donors (Lipinski definition) is 4. The number of para-hydroxylation sites is 1. The van der Waals surface area contributed by atoms with Crippen LogP contribution in [0.1, 0.15) is 28.6 Å². The van der Waals surface area contributed by atoms with E-state index in [4.69, 9.17) is 4.42 Å². The fraction of sp³-hybridized carbons (Fsp3) is 0.273. The summed E-state index contributed by atoms with van der Waals surface area (Å²) in [4.78, 5) is 16.7. The second kappa shape index (κ2) is 9.64. The Balaban J connectivity index is 1.53. The minimum atomic E-state index is -0.188. The number of benzene rings is 2. The topological polar surface area (TPSA) is 98.9 Å². The lowest BCUT2D eigenvalue weighted by molar-refractivity contribution is 0.0954. The number of phenolic OH excluding ortho intramolecular Hbond substituents is 1. The van der Waals surface area contributed by atoms with Gasteiger partial charge >= 0.3 is 0 Å². The van der Waals surface area contributed by atoms with Gasteiger partial charge in [-0.2, -0.15) is 0 Å². The van der Waals surface area contributed by atoms with Gasteiger partial charge in [0.25, 0.3) is 5.91 Å². The van der Waals surface area contributed by atoms with Gasteiger partial charge in [0, 0.05) is 36.1 Å². The van der Waals surface area contributed by atoms with Crippen LogP contribution in [-0.4, -0.2) is 36.6 Å². The predicted octanol–water partition coefficient (Wildman–Crippen LogP) is 2.93. The molecule has 0 spiro atoms. The minimum Gasteiger partial charge on any atom is -0.508 e. The first-order valence-electron chi connectivity index (χ1n) is 9.65. The van der Waals surface area contributed by atoms with E-state index in [2.05, 4.69) is 20.9 Å². The van der Waals surface area contributed by atoms with Crippen molar-refractivity contribution in [1.82, 2.24) is 16.0 Å². The molecule has 2 aromatic carbocycles. The molecule has 0 saturated carbocycles. The van der Waals surface area contributed by atoms with Crippen molar-refractivity contribution in [3.8, 4) is 5.75 Å². The van der Waals surface area contributed by atoms with Crippen LogP contribution in [0.3, 0.4) is 0 Å². The summed E-state index contributed by atoms with van der Waals surface area (Å²) in [7, 11) is 0. The molecule has 3 aromatic rings. The molecule has 0 radical (unpaired) electrons. The summed E-state index contributed by atoms with van der Waals surface area (Å²) in [6.07, 6.45) is 0. The largest absolute Gasteiger partial charge is 0.508 e. The lowest BCUT2D eigenvalue weighted by Gasteiger charge is -2.11. The van der Waals surface area contributed by atoms with Crippen LogP contribution >= 0.6 is 0 Å². The first-order valence-corrected chi connectivity index (χ1v) is 9.65. The van der Waals surface area contributed by atoms with Crippen LogP contribution in [-0.2, 0) is 6.54 Å². The fourth-order valence-electron chi connectivity index (χ4n) is 2.94. The first kappa shape index (κ1) is 20.3. The van der Waals surface area contributed by atoms with Gasteiger partial charge in [-0.25, -0.2) is 4.99 Å². The van der Waals surface area contributed by atoms with E-state index in [0.717, 1.165) is 28.8 Å². The molecule has 0 aliphatic rings. The number of aromatic hydroxyl groups is 1. The molecule has 3 rings (SSSR count). The summed E-state index contributed by atoms with van der Waals surface area (Å²) in [5.41, 5.74) is 2.47. The van der Waals surface area contributed by atoms with Crippen molar-refractivity contribution in [2.75, 3.05) is 19.6 Å². The van der Waals surface area contributed by atoms with E-state index in [-0.39, 0.29) is 11.7 Å². The third-order valence-electron chi connectivity index (χ3n) is 4.50. The number of aryl methyl sites for hydroxylation is 1. The quantitative estimate of drug-likeness (QED) is 0.281. The highest BCUT2D eigenvalue weighted by atomic mass is 16.3. The minimum absolute atomic E-state index is 0.134. The molecule has 29 heavy (non-hydrogen) atoms. The molecule has 4 N–H and O–H groups in total. The van der Waals surface area contributed by atoms with Crippen LogP contribution in [0.15, 0.2) is 57.9 Å². The number of guanidine groups is 1. The maximum Gasteiger partial charge on any atom is 0.251 e. The van der Waals surface area contributed by atoms with Gasteiger partial charge in [0.15, 0.2) is 5.96 Å². The van der Waals surface area contributed by atoms with Crippen LogP contribution in [0.5, 0.6) is 5.75 Å². The van der Waals surface area contributed by atoms with Gasteiger partial charge in [-0.3, -0.25) is 4.79 Å². The van der Waals surface area contributed by atoms with Gasteiger partial charge in [0.05, 0.1) is 0 Å². The average Bonchev–Trinajstić information content (AvgIpc) is 3.05. The number of rotatable bonds is 7. The van der Waals surface area contributed by atoms with Crippen molar-refractivity contribution in [3.05, 3.63) is 65.4 Å². The average molecular weight is 394 g/mol. The number of amides is 1. The number of nitrogens with zero attached hydrogens (tertiary/aromatic N) is 1. The number of hydrogen-bond acceptors (Lipinski definition) is 4. The number of aliphatic imine (C=N–C) groups is 1. The van der Waals surface area contributed by atoms with E-state index < -0.39 is 0 Å². The highest BCUT2D eigenvalue weighted by Gasteiger charge is 2.10. The molecule has 1 heterocycles. The normalized spacial score (nSPS) is 11.4. The molecule has 152 valence electrons. The fourth-order valence-corrected chi connectivity index (χ4v) is 2.94. The lowest BCUT2D eigenvalue weighted by Crippen LogP contribution is -2.41. The zero-order valence-corrected chi connectivity index (χ0v) is 16.7. The molecule has 0 aliphatic heterocycles. The smallest absolute Gasteiger partial charge is 0.251 e. The summed E-state index contributed by atoms with van der Waals surface area (Å²) in [5, 5.41) is 19.6. The maximum atomic E-state index is 12.1. The summed E-state index contributed by atoms with van der Waals surface area (Å²) in [6.45, 7) is 6.15. The van der Waals surface area contributed by atoms with E-state index in [9.17, 15) is 9.90 Å². The van der Waals surface area contributed by atoms with E-state index in [1.807, 2.05) is 38.1 Å².